The summed E-state index contributed by atoms with van der Waals surface area (Å²) >= 11 is 0. The van der Waals surface area contributed by atoms with Crippen LogP contribution in [0.15, 0.2) is 51.7 Å². The third kappa shape index (κ3) is 3.37. The zero-order valence-corrected chi connectivity index (χ0v) is 14.4. The van der Waals surface area contributed by atoms with Crippen LogP contribution in [0.1, 0.15) is 24.9 Å². The van der Waals surface area contributed by atoms with Gasteiger partial charge in [-0.25, -0.2) is 13.6 Å². The predicted molar refractivity (Wildman–Crippen MR) is 92.6 cm³/mol. The number of oxazole rings is 1. The van der Waals surface area contributed by atoms with Crippen molar-refractivity contribution in [3.8, 4) is 0 Å². The van der Waals surface area contributed by atoms with E-state index in [2.05, 4.69) is 0 Å². The molecule has 0 radical (unpaired) electrons. The number of benzene rings is 2. The fourth-order valence-corrected chi connectivity index (χ4v) is 2.87. The first-order valence-electron chi connectivity index (χ1n) is 8.17. The van der Waals surface area contributed by atoms with Crippen LogP contribution in [0.25, 0.3) is 11.1 Å². The van der Waals surface area contributed by atoms with E-state index in [0.29, 0.717) is 11.1 Å². The van der Waals surface area contributed by atoms with Gasteiger partial charge in [-0.3, -0.25) is 9.36 Å². The summed E-state index contributed by atoms with van der Waals surface area (Å²) < 4.78 is 33.8. The number of amides is 1. The van der Waals surface area contributed by atoms with Crippen LogP contribution in [-0.2, 0) is 11.3 Å². The number of aryl methyl sites for hydroxylation is 1. The topological polar surface area (TPSA) is 55.5 Å². The van der Waals surface area contributed by atoms with Crippen molar-refractivity contribution >= 4 is 17.0 Å². The first-order valence-corrected chi connectivity index (χ1v) is 8.17. The van der Waals surface area contributed by atoms with E-state index in [1.165, 1.54) is 16.5 Å². The summed E-state index contributed by atoms with van der Waals surface area (Å²) in [6, 6.07) is 9.45. The van der Waals surface area contributed by atoms with Crippen LogP contribution in [-0.4, -0.2) is 22.4 Å². The summed E-state index contributed by atoms with van der Waals surface area (Å²) in [4.78, 5) is 25.7. The van der Waals surface area contributed by atoms with E-state index < -0.39 is 23.4 Å². The van der Waals surface area contributed by atoms with Crippen LogP contribution in [0, 0.1) is 11.6 Å². The number of halogens is 2. The summed E-state index contributed by atoms with van der Waals surface area (Å²) in [5.74, 6) is -1.97. The summed E-state index contributed by atoms with van der Waals surface area (Å²) in [5, 5.41) is 0. The number of rotatable bonds is 5. The van der Waals surface area contributed by atoms with Crippen LogP contribution < -0.4 is 5.76 Å². The normalized spacial score (nSPS) is 12.3. The lowest BCUT2D eigenvalue weighted by molar-refractivity contribution is -0.132. The van der Waals surface area contributed by atoms with Gasteiger partial charge in [-0.15, -0.1) is 0 Å². The maximum atomic E-state index is 13.9. The minimum absolute atomic E-state index is 0.0290. The second kappa shape index (κ2) is 7.11. The molecule has 0 N–H and O–H groups in total. The van der Waals surface area contributed by atoms with Crippen molar-refractivity contribution in [2.75, 3.05) is 7.05 Å². The monoisotopic (exact) mass is 360 g/mol. The quantitative estimate of drug-likeness (QED) is 0.700. The molecule has 5 nitrogen and oxygen atoms in total. The second-order valence-electron chi connectivity index (χ2n) is 6.08. The molecule has 1 heterocycles. The van der Waals surface area contributed by atoms with Gasteiger partial charge in [0, 0.05) is 25.6 Å². The van der Waals surface area contributed by atoms with Crippen molar-refractivity contribution in [1.29, 1.82) is 0 Å². The van der Waals surface area contributed by atoms with Crippen LogP contribution >= 0.6 is 0 Å². The molecule has 3 rings (SSSR count). The van der Waals surface area contributed by atoms with Gasteiger partial charge in [0.25, 0.3) is 0 Å². The van der Waals surface area contributed by atoms with Gasteiger partial charge >= 0.3 is 5.76 Å². The molecular weight excluding hydrogens is 342 g/mol. The van der Waals surface area contributed by atoms with E-state index in [4.69, 9.17) is 4.42 Å². The highest BCUT2D eigenvalue weighted by Gasteiger charge is 2.21. The molecule has 3 aromatic rings. The molecule has 1 atom stereocenters. The van der Waals surface area contributed by atoms with Crippen molar-refractivity contribution < 1.29 is 18.0 Å². The average molecular weight is 360 g/mol. The molecule has 0 aliphatic carbocycles. The molecule has 0 saturated carbocycles. The Morgan fingerprint density at radius 3 is 2.73 bits per heavy atom. The van der Waals surface area contributed by atoms with E-state index in [1.807, 2.05) is 0 Å². The highest BCUT2D eigenvalue weighted by Crippen LogP contribution is 2.23. The Hall–Kier alpha value is -2.96. The molecule has 0 fully saturated rings. The number of hydrogen-bond acceptors (Lipinski definition) is 3. The number of fused-ring (bicyclic) bond motifs is 1. The lowest BCUT2D eigenvalue weighted by Crippen LogP contribution is -2.31. The Bertz CT molecular complexity index is 1010. The highest BCUT2D eigenvalue weighted by atomic mass is 19.1. The molecule has 0 spiro atoms. The van der Waals surface area contributed by atoms with Gasteiger partial charge in [-0.05, 0) is 37.3 Å². The summed E-state index contributed by atoms with van der Waals surface area (Å²) in [7, 11) is 1.52. The van der Waals surface area contributed by atoms with Gasteiger partial charge in [0.15, 0.2) is 5.58 Å². The maximum absolute atomic E-state index is 13.9. The number of carbonyl (C=O) groups excluding carboxylic acids is 1. The molecule has 1 unspecified atom stereocenters. The van der Waals surface area contributed by atoms with E-state index >= 15 is 0 Å². The zero-order valence-electron chi connectivity index (χ0n) is 14.4. The minimum atomic E-state index is -0.643. The first-order chi connectivity index (χ1) is 12.4. The Kier molecular flexibility index (Phi) is 4.88. The smallest absolute Gasteiger partial charge is 0.408 e. The molecule has 0 aliphatic rings. The van der Waals surface area contributed by atoms with E-state index in [9.17, 15) is 18.4 Å². The third-order valence-electron chi connectivity index (χ3n) is 4.51. The van der Waals surface area contributed by atoms with Crippen LogP contribution in [0.2, 0.25) is 0 Å². The summed E-state index contributed by atoms with van der Waals surface area (Å²) in [5.41, 5.74) is 1.16. The molecule has 1 amide bonds. The molecule has 26 heavy (non-hydrogen) atoms. The number of aromatic nitrogens is 1. The lowest BCUT2D eigenvalue weighted by atomic mass is 10.1. The molecule has 7 heteroatoms. The van der Waals surface area contributed by atoms with Gasteiger partial charge in [-0.2, -0.15) is 0 Å². The lowest BCUT2D eigenvalue weighted by Gasteiger charge is -2.25. The molecule has 1 aromatic heterocycles. The third-order valence-corrected chi connectivity index (χ3v) is 4.51. The standard InChI is InChI=1S/C19H18F2N2O3/c1-12(14-11-13(20)7-8-15(14)21)22(2)18(24)9-10-23-16-5-3-4-6-17(16)26-19(23)25/h3-8,11-12H,9-10H2,1-2H3. The Morgan fingerprint density at radius 1 is 1.23 bits per heavy atom. The number of para-hydroxylation sites is 2. The van der Waals surface area contributed by atoms with Crippen molar-refractivity contribution in [1.82, 2.24) is 9.47 Å². The number of carbonyl (C=O) groups is 1. The summed E-state index contributed by atoms with van der Waals surface area (Å²) in [6.07, 6.45) is 0.0290. The maximum Gasteiger partial charge on any atom is 0.419 e. The fraction of sp³-hybridized carbons (Fsp3) is 0.263. The van der Waals surface area contributed by atoms with Crippen LogP contribution in [0.3, 0.4) is 0 Å². The molecule has 0 saturated heterocycles. The Labute approximate surface area is 148 Å². The molecule has 136 valence electrons. The summed E-state index contributed by atoms with van der Waals surface area (Å²) in [6.45, 7) is 1.76. The SMILES string of the molecule is CC(c1cc(F)ccc1F)N(C)C(=O)CCn1c(=O)oc2ccccc21. The van der Waals surface area contributed by atoms with E-state index in [1.54, 1.807) is 31.2 Å². The molecule has 0 aliphatic heterocycles. The van der Waals surface area contributed by atoms with Crippen LogP contribution in [0.4, 0.5) is 8.78 Å². The Morgan fingerprint density at radius 2 is 1.96 bits per heavy atom. The van der Waals surface area contributed by atoms with Gasteiger partial charge in [-0.1, -0.05) is 12.1 Å². The van der Waals surface area contributed by atoms with Gasteiger partial charge in [0.2, 0.25) is 5.91 Å². The molecule has 0 bridgehead atoms. The zero-order chi connectivity index (χ0) is 18.8. The van der Waals surface area contributed by atoms with Crippen molar-refractivity contribution in [2.45, 2.75) is 25.9 Å². The average Bonchev–Trinajstić information content (AvgIpc) is 2.95. The predicted octanol–water partition coefficient (Wildman–Crippen LogP) is 3.48. The number of nitrogens with zero attached hydrogens (tertiary/aromatic N) is 2. The largest absolute Gasteiger partial charge is 0.419 e. The van der Waals surface area contributed by atoms with Crippen molar-refractivity contribution in [3.63, 3.8) is 0 Å². The fourth-order valence-electron chi connectivity index (χ4n) is 2.87. The van der Waals surface area contributed by atoms with Gasteiger partial charge < -0.3 is 9.32 Å². The number of hydrogen-bond donors (Lipinski definition) is 0. The first kappa shape index (κ1) is 17.8. The second-order valence-corrected chi connectivity index (χ2v) is 6.08. The minimum Gasteiger partial charge on any atom is -0.408 e. The van der Waals surface area contributed by atoms with Crippen LogP contribution in [0.5, 0.6) is 0 Å². The molecule has 2 aromatic carbocycles. The van der Waals surface area contributed by atoms with Crippen molar-refractivity contribution in [3.05, 3.63) is 70.2 Å². The highest BCUT2D eigenvalue weighted by molar-refractivity contribution is 5.77. The van der Waals surface area contributed by atoms with Gasteiger partial charge in [0.05, 0.1) is 11.6 Å². The van der Waals surface area contributed by atoms with E-state index in [-0.39, 0.29) is 24.4 Å². The van der Waals surface area contributed by atoms with E-state index in [0.717, 1.165) is 18.2 Å². The molecular formula is C19H18F2N2O3. The van der Waals surface area contributed by atoms with Gasteiger partial charge in [0.1, 0.15) is 11.6 Å². The Balaban J connectivity index is 1.74. The van der Waals surface area contributed by atoms with Crippen molar-refractivity contribution in [2.24, 2.45) is 0 Å².